The number of pyridine rings is 1. The standard InChI is InChI=1S/C24H24N2OS2/c1-27-20-8-5-17(6-9-20)11-12-25-16-19-14-18-7-10-21(28-2)15-22(18)26-24(19)23-4-3-13-29-23/h3-10,13-15,25H,11-12,16H2,1-2H3. The third kappa shape index (κ3) is 4.81. The predicted octanol–water partition coefficient (Wildman–Crippen LogP) is 6.03. The summed E-state index contributed by atoms with van der Waals surface area (Å²) in [4.78, 5) is 7.48. The normalized spacial score (nSPS) is 11.1. The maximum Gasteiger partial charge on any atom is 0.118 e. The van der Waals surface area contributed by atoms with E-state index in [0.29, 0.717) is 0 Å². The van der Waals surface area contributed by atoms with Crippen LogP contribution in [0.15, 0.2) is 70.9 Å². The molecule has 0 bridgehead atoms. The van der Waals surface area contributed by atoms with Crippen LogP contribution in [0.5, 0.6) is 5.75 Å². The number of methoxy groups -OCH3 is 1. The Hall–Kier alpha value is -2.34. The molecule has 0 aliphatic carbocycles. The monoisotopic (exact) mass is 420 g/mol. The van der Waals surface area contributed by atoms with E-state index in [1.807, 2.05) is 12.1 Å². The van der Waals surface area contributed by atoms with Crippen molar-refractivity contribution in [2.75, 3.05) is 19.9 Å². The summed E-state index contributed by atoms with van der Waals surface area (Å²) in [5.74, 6) is 0.897. The van der Waals surface area contributed by atoms with Gasteiger partial charge in [-0.05, 0) is 72.1 Å². The zero-order valence-corrected chi connectivity index (χ0v) is 18.3. The average molecular weight is 421 g/mol. The SMILES string of the molecule is COc1ccc(CCNCc2cc3ccc(SC)cc3nc2-c2cccs2)cc1. The molecule has 0 amide bonds. The van der Waals surface area contributed by atoms with Crippen molar-refractivity contribution in [1.82, 2.24) is 10.3 Å². The third-order valence-electron chi connectivity index (χ3n) is 4.92. The van der Waals surface area contributed by atoms with Crippen molar-refractivity contribution in [3.05, 3.63) is 77.2 Å². The van der Waals surface area contributed by atoms with Crippen LogP contribution in [0.25, 0.3) is 21.5 Å². The molecule has 0 aliphatic heterocycles. The van der Waals surface area contributed by atoms with Gasteiger partial charge in [-0.25, -0.2) is 4.98 Å². The topological polar surface area (TPSA) is 34.1 Å². The second kappa shape index (κ2) is 9.44. The predicted molar refractivity (Wildman–Crippen MR) is 125 cm³/mol. The number of hydrogen-bond acceptors (Lipinski definition) is 5. The maximum atomic E-state index is 5.23. The lowest BCUT2D eigenvalue weighted by Gasteiger charge is -2.12. The van der Waals surface area contributed by atoms with Crippen LogP contribution in [0.3, 0.4) is 0 Å². The highest BCUT2D eigenvalue weighted by molar-refractivity contribution is 7.98. The number of thiophene rings is 1. The first kappa shape index (κ1) is 20.0. The van der Waals surface area contributed by atoms with Gasteiger partial charge in [0.1, 0.15) is 5.75 Å². The van der Waals surface area contributed by atoms with E-state index < -0.39 is 0 Å². The first-order chi connectivity index (χ1) is 14.3. The minimum absolute atomic E-state index is 0.802. The van der Waals surface area contributed by atoms with Gasteiger partial charge in [0.2, 0.25) is 0 Å². The summed E-state index contributed by atoms with van der Waals surface area (Å²) in [5.41, 5.74) is 4.69. The summed E-state index contributed by atoms with van der Waals surface area (Å²) in [7, 11) is 1.70. The number of nitrogens with zero attached hydrogens (tertiary/aromatic N) is 1. The smallest absolute Gasteiger partial charge is 0.118 e. The van der Waals surface area contributed by atoms with E-state index in [4.69, 9.17) is 9.72 Å². The van der Waals surface area contributed by atoms with Crippen LogP contribution >= 0.6 is 23.1 Å². The Labute approximate surface area is 180 Å². The molecule has 0 unspecified atom stereocenters. The minimum atomic E-state index is 0.802. The number of thioether (sulfide) groups is 1. The molecule has 2 aromatic heterocycles. The number of ether oxygens (including phenoxy) is 1. The fourth-order valence-electron chi connectivity index (χ4n) is 3.33. The van der Waals surface area contributed by atoms with Gasteiger partial charge in [0.05, 0.1) is 23.2 Å². The average Bonchev–Trinajstić information content (AvgIpc) is 3.31. The Balaban J connectivity index is 1.51. The van der Waals surface area contributed by atoms with Crippen molar-refractivity contribution in [3.63, 3.8) is 0 Å². The van der Waals surface area contributed by atoms with Crippen LogP contribution in [0.2, 0.25) is 0 Å². The minimum Gasteiger partial charge on any atom is -0.497 e. The summed E-state index contributed by atoms with van der Waals surface area (Å²) >= 11 is 3.49. The van der Waals surface area contributed by atoms with Crippen LogP contribution in [-0.2, 0) is 13.0 Å². The molecule has 0 saturated heterocycles. The van der Waals surface area contributed by atoms with Gasteiger partial charge in [-0.1, -0.05) is 24.3 Å². The summed E-state index contributed by atoms with van der Waals surface area (Å²) in [6.07, 6.45) is 3.08. The van der Waals surface area contributed by atoms with E-state index in [9.17, 15) is 0 Å². The molecule has 0 spiro atoms. The molecule has 0 saturated carbocycles. The van der Waals surface area contributed by atoms with E-state index in [-0.39, 0.29) is 0 Å². The fraction of sp³-hybridized carbons (Fsp3) is 0.208. The molecule has 0 fully saturated rings. The molecule has 0 aliphatic rings. The number of benzene rings is 2. The number of fused-ring (bicyclic) bond motifs is 1. The molecule has 2 aromatic carbocycles. The highest BCUT2D eigenvalue weighted by Crippen LogP contribution is 2.30. The van der Waals surface area contributed by atoms with Gasteiger partial charge in [-0.2, -0.15) is 0 Å². The van der Waals surface area contributed by atoms with Gasteiger partial charge in [0, 0.05) is 16.8 Å². The van der Waals surface area contributed by atoms with Crippen molar-refractivity contribution in [1.29, 1.82) is 0 Å². The largest absolute Gasteiger partial charge is 0.497 e. The molecule has 4 aromatic rings. The summed E-state index contributed by atoms with van der Waals surface area (Å²) < 4.78 is 5.23. The summed E-state index contributed by atoms with van der Waals surface area (Å²) in [6, 6.07) is 21.3. The third-order valence-corrected chi connectivity index (χ3v) is 6.53. The number of nitrogens with one attached hydrogen (secondary N) is 1. The van der Waals surface area contributed by atoms with Crippen LogP contribution in [0.1, 0.15) is 11.1 Å². The van der Waals surface area contributed by atoms with Crippen LogP contribution in [0, 0.1) is 0 Å². The molecule has 1 N–H and O–H groups in total. The molecule has 3 nitrogen and oxygen atoms in total. The quantitative estimate of drug-likeness (QED) is 0.279. The molecular formula is C24H24N2OS2. The second-order valence-electron chi connectivity index (χ2n) is 6.81. The van der Waals surface area contributed by atoms with Crippen molar-refractivity contribution in [2.24, 2.45) is 0 Å². The van der Waals surface area contributed by atoms with E-state index in [2.05, 4.69) is 65.5 Å². The molecule has 4 rings (SSSR count). The van der Waals surface area contributed by atoms with Crippen molar-refractivity contribution in [3.8, 4) is 16.3 Å². The highest BCUT2D eigenvalue weighted by atomic mass is 32.2. The van der Waals surface area contributed by atoms with Gasteiger partial charge in [-0.3, -0.25) is 0 Å². The Bertz CT molecular complexity index is 1080. The van der Waals surface area contributed by atoms with Crippen LogP contribution < -0.4 is 10.1 Å². The highest BCUT2D eigenvalue weighted by Gasteiger charge is 2.11. The van der Waals surface area contributed by atoms with Crippen molar-refractivity contribution in [2.45, 2.75) is 17.9 Å². The van der Waals surface area contributed by atoms with Crippen molar-refractivity contribution < 1.29 is 4.74 Å². The zero-order valence-electron chi connectivity index (χ0n) is 16.6. The van der Waals surface area contributed by atoms with Gasteiger partial charge in [-0.15, -0.1) is 23.1 Å². The number of rotatable bonds is 8. The Morgan fingerprint density at radius 2 is 1.93 bits per heavy atom. The number of aromatic nitrogens is 1. The summed E-state index contributed by atoms with van der Waals surface area (Å²) in [5, 5.41) is 6.90. The van der Waals surface area contributed by atoms with Gasteiger partial charge in [0.15, 0.2) is 0 Å². The maximum absolute atomic E-state index is 5.23. The van der Waals surface area contributed by atoms with Crippen molar-refractivity contribution >= 4 is 34.0 Å². The van der Waals surface area contributed by atoms with E-state index in [0.717, 1.165) is 36.5 Å². The first-order valence-corrected chi connectivity index (χ1v) is 11.7. The molecule has 2 heterocycles. The lowest BCUT2D eigenvalue weighted by atomic mass is 10.1. The number of hydrogen-bond donors (Lipinski definition) is 1. The lowest BCUT2D eigenvalue weighted by Crippen LogP contribution is -2.17. The lowest BCUT2D eigenvalue weighted by molar-refractivity contribution is 0.414. The van der Waals surface area contributed by atoms with E-state index >= 15 is 0 Å². The summed E-state index contributed by atoms with van der Waals surface area (Å²) in [6.45, 7) is 1.72. The Morgan fingerprint density at radius 3 is 2.66 bits per heavy atom. The zero-order chi connectivity index (χ0) is 20.1. The van der Waals surface area contributed by atoms with E-state index in [1.165, 1.54) is 26.3 Å². The Kier molecular flexibility index (Phi) is 6.49. The molecule has 29 heavy (non-hydrogen) atoms. The fourth-order valence-corrected chi connectivity index (χ4v) is 4.51. The second-order valence-corrected chi connectivity index (χ2v) is 8.63. The molecular weight excluding hydrogens is 396 g/mol. The van der Waals surface area contributed by atoms with E-state index in [1.54, 1.807) is 30.2 Å². The molecule has 148 valence electrons. The van der Waals surface area contributed by atoms with Gasteiger partial charge < -0.3 is 10.1 Å². The molecule has 0 atom stereocenters. The molecule has 0 radical (unpaired) electrons. The van der Waals surface area contributed by atoms with Gasteiger partial charge in [0.25, 0.3) is 0 Å². The first-order valence-electron chi connectivity index (χ1n) is 9.62. The Morgan fingerprint density at radius 1 is 1.07 bits per heavy atom. The molecule has 5 heteroatoms. The van der Waals surface area contributed by atoms with Crippen LogP contribution in [-0.4, -0.2) is 24.9 Å². The van der Waals surface area contributed by atoms with Crippen LogP contribution in [0.4, 0.5) is 0 Å². The van der Waals surface area contributed by atoms with Gasteiger partial charge >= 0.3 is 0 Å².